The van der Waals surface area contributed by atoms with Gasteiger partial charge in [-0.1, -0.05) is 68.3 Å². The lowest BCUT2D eigenvalue weighted by molar-refractivity contribution is 0.511. The fourth-order valence-corrected chi connectivity index (χ4v) is 3.35. The van der Waals surface area contributed by atoms with Crippen molar-refractivity contribution < 1.29 is 0 Å². The largest absolute Gasteiger partial charge is 0.264 e. The highest BCUT2D eigenvalue weighted by Crippen LogP contribution is 2.35. The summed E-state index contributed by atoms with van der Waals surface area (Å²) in [6.07, 6.45) is 6.78. The molecule has 0 N–H and O–H groups in total. The Morgan fingerprint density at radius 2 is 1.83 bits per heavy atom. The summed E-state index contributed by atoms with van der Waals surface area (Å²) >= 11 is 0. The maximum Gasteiger partial charge on any atom is 0.0665 e. The fourth-order valence-electron chi connectivity index (χ4n) is 3.35. The first kappa shape index (κ1) is 16.2. The van der Waals surface area contributed by atoms with E-state index in [1.54, 1.807) is 6.20 Å². The zero-order chi connectivity index (χ0) is 16.8. The molecule has 0 aliphatic carbocycles. The first-order valence-corrected chi connectivity index (χ1v) is 8.61. The average molecular weight is 314 g/mol. The van der Waals surface area contributed by atoms with Crippen LogP contribution >= 0.6 is 0 Å². The lowest BCUT2D eigenvalue weighted by atomic mass is 9.79. The van der Waals surface area contributed by atoms with Gasteiger partial charge in [-0.3, -0.25) is 4.98 Å². The van der Waals surface area contributed by atoms with Crippen LogP contribution in [-0.4, -0.2) is 4.98 Å². The number of hydrogen-bond acceptors (Lipinski definition) is 2. The second-order valence-electron chi connectivity index (χ2n) is 6.25. The van der Waals surface area contributed by atoms with Gasteiger partial charge in [0.15, 0.2) is 0 Å². The zero-order valence-electron chi connectivity index (χ0n) is 14.0. The highest BCUT2D eigenvalue weighted by molar-refractivity contribution is 5.83. The van der Waals surface area contributed by atoms with Crippen LogP contribution in [0.2, 0.25) is 0 Å². The molecule has 0 amide bonds. The molecular weight excluding hydrogens is 292 g/mol. The maximum atomic E-state index is 9.79. The summed E-state index contributed by atoms with van der Waals surface area (Å²) in [6, 6.07) is 21.5. The van der Waals surface area contributed by atoms with Gasteiger partial charge in [-0.05, 0) is 34.4 Å². The molecule has 0 bridgehead atoms. The maximum absolute atomic E-state index is 9.79. The van der Waals surface area contributed by atoms with Crippen LogP contribution in [0.3, 0.4) is 0 Å². The van der Waals surface area contributed by atoms with E-state index in [1.165, 1.54) is 16.3 Å². The summed E-state index contributed by atoms with van der Waals surface area (Å²) < 4.78 is 0. The second kappa shape index (κ2) is 7.75. The predicted molar refractivity (Wildman–Crippen MR) is 98.7 cm³/mol. The number of pyridine rings is 1. The van der Waals surface area contributed by atoms with Crippen molar-refractivity contribution in [3.8, 4) is 6.07 Å². The van der Waals surface area contributed by atoms with Crippen LogP contribution in [-0.2, 0) is 0 Å². The first-order valence-electron chi connectivity index (χ1n) is 8.61. The van der Waals surface area contributed by atoms with Gasteiger partial charge in [0.25, 0.3) is 0 Å². The van der Waals surface area contributed by atoms with Crippen molar-refractivity contribution >= 4 is 10.8 Å². The van der Waals surface area contributed by atoms with Gasteiger partial charge in [0.05, 0.1) is 12.0 Å². The molecule has 120 valence electrons. The normalized spacial score (nSPS) is 13.3. The fraction of sp³-hybridized carbons (Fsp3) is 0.273. The van der Waals surface area contributed by atoms with Crippen molar-refractivity contribution in [2.24, 2.45) is 5.92 Å². The summed E-state index contributed by atoms with van der Waals surface area (Å²) in [5, 5.41) is 12.2. The Morgan fingerprint density at radius 1 is 1.00 bits per heavy atom. The molecule has 2 heteroatoms. The second-order valence-corrected chi connectivity index (χ2v) is 6.25. The molecule has 1 heterocycles. The summed E-state index contributed by atoms with van der Waals surface area (Å²) in [7, 11) is 0. The van der Waals surface area contributed by atoms with Crippen molar-refractivity contribution in [3.63, 3.8) is 0 Å². The molecule has 0 saturated carbocycles. The summed E-state index contributed by atoms with van der Waals surface area (Å²) in [5.41, 5.74) is 2.32. The van der Waals surface area contributed by atoms with Crippen LogP contribution in [0.25, 0.3) is 10.8 Å². The molecule has 2 atom stereocenters. The van der Waals surface area contributed by atoms with E-state index in [9.17, 15) is 5.26 Å². The van der Waals surface area contributed by atoms with E-state index in [-0.39, 0.29) is 11.8 Å². The number of aromatic nitrogens is 1. The molecule has 1 aromatic heterocycles. The van der Waals surface area contributed by atoms with Gasteiger partial charge in [-0.15, -0.1) is 0 Å². The van der Waals surface area contributed by atoms with Crippen molar-refractivity contribution in [2.75, 3.05) is 0 Å². The summed E-state index contributed by atoms with van der Waals surface area (Å²) in [6.45, 7) is 2.17. The molecular formula is C22H22N2. The Bertz CT molecular complexity index is 833. The monoisotopic (exact) mass is 314 g/mol. The number of rotatable bonds is 6. The molecule has 24 heavy (non-hydrogen) atoms. The molecule has 0 fully saturated rings. The molecule has 0 aliphatic rings. The smallest absolute Gasteiger partial charge is 0.0665 e. The molecule has 2 aromatic carbocycles. The van der Waals surface area contributed by atoms with Crippen molar-refractivity contribution in [3.05, 3.63) is 78.1 Å². The van der Waals surface area contributed by atoms with Crippen molar-refractivity contribution in [2.45, 2.75) is 32.1 Å². The number of nitrogens with zero attached hydrogens (tertiary/aromatic N) is 2. The number of nitriles is 1. The Morgan fingerprint density at radius 3 is 2.54 bits per heavy atom. The highest BCUT2D eigenvalue weighted by atomic mass is 14.6. The predicted octanol–water partition coefficient (Wildman–Crippen LogP) is 5.70. The standard InChI is InChI=1S/C22H22N2/c1-2-3-7-20(15-23)22(21-10-6-13-24-16-21)19-12-11-17-8-4-5-9-18(17)14-19/h4-6,8-14,16,20,22H,2-3,7H2,1H3. The molecule has 2 nitrogen and oxygen atoms in total. The SMILES string of the molecule is CCCCC(C#N)C(c1cccnc1)c1ccc2ccccc2c1. The van der Waals surface area contributed by atoms with Crippen LogP contribution in [0.4, 0.5) is 0 Å². The van der Waals surface area contributed by atoms with Crippen LogP contribution in [0, 0.1) is 17.2 Å². The van der Waals surface area contributed by atoms with E-state index in [4.69, 9.17) is 0 Å². The first-order chi connectivity index (χ1) is 11.8. The van der Waals surface area contributed by atoms with Crippen molar-refractivity contribution in [1.29, 1.82) is 5.26 Å². The van der Waals surface area contributed by atoms with E-state index >= 15 is 0 Å². The third-order valence-corrected chi connectivity index (χ3v) is 4.61. The van der Waals surface area contributed by atoms with E-state index < -0.39 is 0 Å². The third-order valence-electron chi connectivity index (χ3n) is 4.61. The number of benzene rings is 2. The minimum atomic E-state index is -0.0321. The quantitative estimate of drug-likeness (QED) is 0.585. The summed E-state index contributed by atoms with van der Waals surface area (Å²) in [4.78, 5) is 4.28. The zero-order valence-corrected chi connectivity index (χ0v) is 14.0. The van der Waals surface area contributed by atoms with Gasteiger partial charge in [0.1, 0.15) is 0 Å². The Labute approximate surface area is 143 Å². The lowest BCUT2D eigenvalue weighted by Crippen LogP contribution is -2.13. The van der Waals surface area contributed by atoms with Gasteiger partial charge in [0.2, 0.25) is 0 Å². The number of fused-ring (bicyclic) bond motifs is 1. The van der Waals surface area contributed by atoms with Gasteiger partial charge in [-0.25, -0.2) is 0 Å². The summed E-state index contributed by atoms with van der Waals surface area (Å²) in [5.74, 6) is 0.0372. The minimum absolute atomic E-state index is 0.0321. The molecule has 3 aromatic rings. The topological polar surface area (TPSA) is 36.7 Å². The van der Waals surface area contributed by atoms with Gasteiger partial charge < -0.3 is 0 Å². The number of hydrogen-bond donors (Lipinski definition) is 0. The van der Waals surface area contributed by atoms with E-state index in [0.29, 0.717) is 0 Å². The lowest BCUT2D eigenvalue weighted by Gasteiger charge is -2.23. The highest BCUT2D eigenvalue weighted by Gasteiger charge is 2.25. The molecule has 0 spiro atoms. The van der Waals surface area contributed by atoms with E-state index in [0.717, 1.165) is 24.8 Å². The molecule has 0 radical (unpaired) electrons. The number of unbranched alkanes of at least 4 members (excludes halogenated alkanes) is 1. The molecule has 3 rings (SSSR count). The Kier molecular flexibility index (Phi) is 5.23. The van der Waals surface area contributed by atoms with Crippen LogP contribution in [0.5, 0.6) is 0 Å². The van der Waals surface area contributed by atoms with Crippen LogP contribution < -0.4 is 0 Å². The van der Waals surface area contributed by atoms with Gasteiger partial charge in [-0.2, -0.15) is 5.26 Å². The van der Waals surface area contributed by atoms with Crippen LogP contribution in [0.15, 0.2) is 67.0 Å². The molecule has 2 unspecified atom stereocenters. The Hall–Kier alpha value is -2.66. The van der Waals surface area contributed by atoms with Crippen LogP contribution in [0.1, 0.15) is 43.2 Å². The van der Waals surface area contributed by atoms with Crippen molar-refractivity contribution in [1.82, 2.24) is 4.98 Å². The average Bonchev–Trinajstić information content (AvgIpc) is 2.65. The third kappa shape index (κ3) is 3.46. The van der Waals surface area contributed by atoms with E-state index in [1.807, 2.05) is 12.3 Å². The molecule has 0 aliphatic heterocycles. The molecule has 0 saturated heterocycles. The van der Waals surface area contributed by atoms with E-state index in [2.05, 4.69) is 66.5 Å². The van der Waals surface area contributed by atoms with Gasteiger partial charge in [0, 0.05) is 18.3 Å². The minimum Gasteiger partial charge on any atom is -0.264 e. The Balaban J connectivity index is 2.07. The van der Waals surface area contributed by atoms with Gasteiger partial charge >= 0.3 is 0 Å².